The quantitative estimate of drug-likeness (QED) is 0.642. The van der Waals surface area contributed by atoms with Gasteiger partial charge in [-0.1, -0.05) is 20.3 Å². The van der Waals surface area contributed by atoms with Crippen LogP contribution in [0.5, 0.6) is 0 Å². The third-order valence-corrected chi connectivity index (χ3v) is 1.77. The predicted octanol–water partition coefficient (Wildman–Crippen LogP) is 2.61. The molecule has 0 N–H and O–H groups in total. The average Bonchev–Trinajstić information content (AvgIpc) is 2.06. The molecule has 1 heteroatoms. The normalized spacial score (nSPS) is 10.0. The van der Waals surface area contributed by atoms with E-state index in [1.807, 2.05) is 12.4 Å². The van der Waals surface area contributed by atoms with E-state index in [9.17, 15) is 0 Å². The van der Waals surface area contributed by atoms with E-state index >= 15 is 0 Å². The summed E-state index contributed by atoms with van der Waals surface area (Å²) in [6, 6.07) is 2.06. The fourth-order valence-electron chi connectivity index (χ4n) is 1.20. The second-order valence-corrected chi connectivity index (χ2v) is 2.61. The lowest BCUT2D eigenvalue weighted by molar-refractivity contribution is 0.905. The van der Waals surface area contributed by atoms with E-state index in [0.29, 0.717) is 0 Å². The number of nitrogens with zero attached hydrogens (tertiary/aromatic N) is 1. The van der Waals surface area contributed by atoms with Gasteiger partial charge in [-0.15, -0.1) is 0 Å². The zero-order chi connectivity index (χ0) is 8.10. The lowest BCUT2D eigenvalue weighted by Gasteiger charge is -2.03. The van der Waals surface area contributed by atoms with Gasteiger partial charge < -0.3 is 0 Å². The summed E-state index contributed by atoms with van der Waals surface area (Å²) in [5, 5.41) is 0. The highest BCUT2D eigenvalue weighted by molar-refractivity contribution is 5.29. The van der Waals surface area contributed by atoms with Crippen molar-refractivity contribution in [2.75, 3.05) is 0 Å². The fraction of sp³-hybridized carbons (Fsp3) is 0.400. The number of aromatic nitrogens is 1. The highest BCUT2D eigenvalue weighted by Gasteiger charge is 1.97. The van der Waals surface area contributed by atoms with E-state index in [0.717, 1.165) is 6.42 Å². The van der Waals surface area contributed by atoms with Crippen molar-refractivity contribution in [3.8, 4) is 0 Å². The minimum atomic E-state index is 1.13. The SMILES string of the molecule is C[CH]c1ccncc1CCC. The molecule has 0 aliphatic heterocycles. The van der Waals surface area contributed by atoms with Gasteiger partial charge in [0.2, 0.25) is 0 Å². The summed E-state index contributed by atoms with van der Waals surface area (Å²) < 4.78 is 0. The molecule has 0 amide bonds. The van der Waals surface area contributed by atoms with Gasteiger partial charge in [0, 0.05) is 12.4 Å². The molecular weight excluding hydrogens is 134 g/mol. The van der Waals surface area contributed by atoms with E-state index in [1.165, 1.54) is 17.5 Å². The van der Waals surface area contributed by atoms with Crippen molar-refractivity contribution < 1.29 is 0 Å². The maximum atomic E-state index is 4.09. The summed E-state index contributed by atoms with van der Waals surface area (Å²) in [6.07, 6.45) is 8.25. The molecule has 1 rings (SSSR count). The van der Waals surface area contributed by atoms with Crippen LogP contribution in [0.2, 0.25) is 0 Å². The summed E-state index contributed by atoms with van der Waals surface area (Å²) in [4.78, 5) is 4.09. The van der Waals surface area contributed by atoms with Crippen LogP contribution in [0.3, 0.4) is 0 Å². The minimum Gasteiger partial charge on any atom is -0.264 e. The minimum absolute atomic E-state index is 1.13. The van der Waals surface area contributed by atoms with Crippen LogP contribution in [0.1, 0.15) is 31.4 Å². The number of rotatable bonds is 3. The highest BCUT2D eigenvalue weighted by Crippen LogP contribution is 2.10. The molecule has 0 aliphatic carbocycles. The van der Waals surface area contributed by atoms with E-state index < -0.39 is 0 Å². The van der Waals surface area contributed by atoms with Crippen molar-refractivity contribution in [1.82, 2.24) is 4.98 Å². The van der Waals surface area contributed by atoms with E-state index in [4.69, 9.17) is 0 Å². The topological polar surface area (TPSA) is 12.9 Å². The van der Waals surface area contributed by atoms with Crippen LogP contribution < -0.4 is 0 Å². The molecule has 11 heavy (non-hydrogen) atoms. The Bertz CT molecular complexity index is 218. The maximum absolute atomic E-state index is 4.09. The molecule has 0 fully saturated rings. The van der Waals surface area contributed by atoms with Gasteiger partial charge in [0.1, 0.15) is 0 Å². The average molecular weight is 148 g/mol. The first-order valence-corrected chi connectivity index (χ1v) is 4.10. The molecule has 1 aromatic heterocycles. The van der Waals surface area contributed by atoms with Crippen LogP contribution in [-0.4, -0.2) is 4.98 Å². The number of pyridine rings is 1. The van der Waals surface area contributed by atoms with E-state index in [2.05, 4.69) is 31.3 Å². The molecule has 1 radical (unpaired) electrons. The molecule has 0 bridgehead atoms. The second kappa shape index (κ2) is 4.12. The van der Waals surface area contributed by atoms with Crippen LogP contribution in [0.25, 0.3) is 0 Å². The Morgan fingerprint density at radius 3 is 3.00 bits per heavy atom. The first-order valence-electron chi connectivity index (χ1n) is 4.10. The second-order valence-electron chi connectivity index (χ2n) is 2.61. The Kier molecular flexibility index (Phi) is 3.09. The van der Waals surface area contributed by atoms with Gasteiger partial charge in [-0.05, 0) is 30.0 Å². The zero-order valence-electron chi connectivity index (χ0n) is 7.17. The van der Waals surface area contributed by atoms with Crippen LogP contribution in [0, 0.1) is 6.42 Å². The molecule has 0 saturated carbocycles. The molecule has 0 aromatic carbocycles. The third kappa shape index (κ3) is 2.04. The van der Waals surface area contributed by atoms with Crippen molar-refractivity contribution in [3.05, 3.63) is 36.0 Å². The summed E-state index contributed by atoms with van der Waals surface area (Å²) >= 11 is 0. The Morgan fingerprint density at radius 2 is 2.36 bits per heavy atom. The van der Waals surface area contributed by atoms with Gasteiger partial charge >= 0.3 is 0 Å². The molecule has 1 nitrogen and oxygen atoms in total. The third-order valence-electron chi connectivity index (χ3n) is 1.77. The molecular formula is C10H14N. The molecule has 1 heterocycles. The van der Waals surface area contributed by atoms with Gasteiger partial charge in [0.15, 0.2) is 0 Å². The van der Waals surface area contributed by atoms with E-state index in [-0.39, 0.29) is 0 Å². The molecule has 0 atom stereocenters. The first-order chi connectivity index (χ1) is 5.38. The van der Waals surface area contributed by atoms with Gasteiger partial charge in [-0.2, -0.15) is 0 Å². The van der Waals surface area contributed by atoms with E-state index in [1.54, 1.807) is 0 Å². The smallest absolute Gasteiger partial charge is 0.0302 e. The molecule has 59 valence electrons. The van der Waals surface area contributed by atoms with Crippen LogP contribution >= 0.6 is 0 Å². The Hall–Kier alpha value is -0.850. The fourth-order valence-corrected chi connectivity index (χ4v) is 1.20. The summed E-state index contributed by atoms with van der Waals surface area (Å²) in [7, 11) is 0. The van der Waals surface area contributed by atoms with Crippen molar-refractivity contribution in [3.63, 3.8) is 0 Å². The number of hydrogen-bond acceptors (Lipinski definition) is 1. The maximum Gasteiger partial charge on any atom is 0.0302 e. The van der Waals surface area contributed by atoms with Gasteiger partial charge in [-0.3, -0.25) is 4.98 Å². The Labute approximate surface area is 68.5 Å². The molecule has 1 aromatic rings. The molecule has 0 unspecified atom stereocenters. The first kappa shape index (κ1) is 8.25. The summed E-state index contributed by atoms with van der Waals surface area (Å²) in [5.74, 6) is 0. The summed E-state index contributed by atoms with van der Waals surface area (Å²) in [5.41, 5.74) is 2.68. The predicted molar refractivity (Wildman–Crippen MR) is 47.3 cm³/mol. The van der Waals surface area contributed by atoms with Crippen molar-refractivity contribution in [2.24, 2.45) is 0 Å². The van der Waals surface area contributed by atoms with Crippen molar-refractivity contribution in [2.45, 2.75) is 26.7 Å². The van der Waals surface area contributed by atoms with Crippen molar-refractivity contribution >= 4 is 0 Å². The Balaban J connectivity index is 2.83. The molecule has 0 aliphatic rings. The Morgan fingerprint density at radius 1 is 1.55 bits per heavy atom. The van der Waals surface area contributed by atoms with Crippen LogP contribution in [0.15, 0.2) is 18.5 Å². The van der Waals surface area contributed by atoms with Crippen LogP contribution in [-0.2, 0) is 6.42 Å². The van der Waals surface area contributed by atoms with Crippen LogP contribution in [0.4, 0.5) is 0 Å². The zero-order valence-corrected chi connectivity index (χ0v) is 7.17. The number of aryl methyl sites for hydroxylation is 1. The lowest BCUT2D eigenvalue weighted by Crippen LogP contribution is -1.91. The number of hydrogen-bond donors (Lipinski definition) is 0. The monoisotopic (exact) mass is 148 g/mol. The van der Waals surface area contributed by atoms with Crippen molar-refractivity contribution in [1.29, 1.82) is 0 Å². The van der Waals surface area contributed by atoms with Gasteiger partial charge in [-0.25, -0.2) is 0 Å². The van der Waals surface area contributed by atoms with Gasteiger partial charge in [0.25, 0.3) is 0 Å². The molecule has 0 spiro atoms. The lowest BCUT2D eigenvalue weighted by atomic mass is 10.0. The largest absolute Gasteiger partial charge is 0.264 e. The van der Waals surface area contributed by atoms with Gasteiger partial charge in [0.05, 0.1) is 0 Å². The standard InChI is InChI=1S/C10H14N/c1-3-5-10-8-11-7-6-9(10)4-2/h4,6-8H,3,5H2,1-2H3. The molecule has 0 saturated heterocycles. The summed E-state index contributed by atoms with van der Waals surface area (Å²) in [6.45, 7) is 4.25. The highest BCUT2D eigenvalue weighted by atomic mass is 14.6.